The Balaban J connectivity index is 1.78. The Morgan fingerprint density at radius 1 is 1.30 bits per heavy atom. The molecule has 1 saturated carbocycles. The van der Waals surface area contributed by atoms with Gasteiger partial charge >= 0.3 is 0 Å². The molecule has 3 rings (SSSR count). The van der Waals surface area contributed by atoms with E-state index in [1.54, 1.807) is 0 Å². The van der Waals surface area contributed by atoms with Gasteiger partial charge in [0.2, 0.25) is 5.91 Å². The minimum atomic E-state index is 0.0491. The van der Waals surface area contributed by atoms with E-state index in [1.165, 1.54) is 19.3 Å². The molecule has 2 aliphatic rings. The van der Waals surface area contributed by atoms with E-state index in [2.05, 4.69) is 24.5 Å². The van der Waals surface area contributed by atoms with Crippen molar-refractivity contribution in [3.63, 3.8) is 0 Å². The predicted octanol–water partition coefficient (Wildman–Crippen LogP) is 4.07. The van der Waals surface area contributed by atoms with E-state index in [1.807, 2.05) is 12.1 Å². The van der Waals surface area contributed by atoms with Crippen molar-refractivity contribution in [1.29, 1.82) is 0 Å². The summed E-state index contributed by atoms with van der Waals surface area (Å²) in [4.78, 5) is 11.4. The molecule has 0 bridgehead atoms. The highest BCUT2D eigenvalue weighted by Gasteiger charge is 2.26. The summed E-state index contributed by atoms with van der Waals surface area (Å²) in [6.07, 6.45) is 4.18. The van der Waals surface area contributed by atoms with Gasteiger partial charge in [-0.05, 0) is 48.8 Å². The van der Waals surface area contributed by atoms with Gasteiger partial charge in [-0.1, -0.05) is 25.4 Å². The lowest BCUT2D eigenvalue weighted by molar-refractivity contribution is -0.115. The summed E-state index contributed by atoms with van der Waals surface area (Å²) >= 11 is 6.34. The number of hydrogen-bond acceptors (Lipinski definition) is 2. The van der Waals surface area contributed by atoms with Crippen LogP contribution in [-0.2, 0) is 11.2 Å². The molecule has 2 N–H and O–H groups in total. The van der Waals surface area contributed by atoms with Crippen LogP contribution in [0.15, 0.2) is 12.1 Å². The Labute approximate surface area is 125 Å². The largest absolute Gasteiger partial charge is 0.381 e. The van der Waals surface area contributed by atoms with Crippen LogP contribution < -0.4 is 10.6 Å². The highest BCUT2D eigenvalue weighted by molar-refractivity contribution is 6.33. The van der Waals surface area contributed by atoms with Crippen LogP contribution in [-0.4, -0.2) is 11.9 Å². The van der Waals surface area contributed by atoms with Crippen LogP contribution in [0.4, 0.5) is 11.4 Å². The van der Waals surface area contributed by atoms with Gasteiger partial charge in [0.1, 0.15) is 0 Å². The molecular formula is C16H21ClN2O. The third kappa shape index (κ3) is 2.64. The first-order valence-electron chi connectivity index (χ1n) is 7.41. The molecule has 3 unspecified atom stereocenters. The van der Waals surface area contributed by atoms with Crippen molar-refractivity contribution >= 4 is 28.9 Å². The Morgan fingerprint density at radius 3 is 2.85 bits per heavy atom. The van der Waals surface area contributed by atoms with Crippen molar-refractivity contribution in [2.75, 3.05) is 10.6 Å². The van der Waals surface area contributed by atoms with Gasteiger partial charge in [0.05, 0.1) is 17.1 Å². The fourth-order valence-electron chi connectivity index (χ4n) is 3.44. The van der Waals surface area contributed by atoms with E-state index in [0.717, 1.165) is 22.9 Å². The lowest BCUT2D eigenvalue weighted by Crippen LogP contribution is -2.33. The lowest BCUT2D eigenvalue weighted by Gasteiger charge is -2.34. The zero-order valence-corrected chi connectivity index (χ0v) is 12.8. The fraction of sp³-hybridized carbons (Fsp3) is 0.562. The second-order valence-corrected chi connectivity index (χ2v) is 6.77. The Bertz CT molecular complexity index is 544. The molecule has 1 aromatic carbocycles. The first kappa shape index (κ1) is 13.7. The normalized spacial score (nSPS) is 28.9. The number of anilines is 2. The summed E-state index contributed by atoms with van der Waals surface area (Å²) in [5.74, 6) is 1.52. The van der Waals surface area contributed by atoms with Crippen LogP contribution in [0, 0.1) is 11.8 Å². The molecule has 0 aromatic heterocycles. The molecule has 1 fully saturated rings. The fourth-order valence-corrected chi connectivity index (χ4v) is 3.66. The first-order chi connectivity index (χ1) is 9.52. The molecule has 1 aliphatic carbocycles. The molecule has 1 amide bonds. The second kappa shape index (κ2) is 5.28. The molecule has 4 heteroatoms. The maximum Gasteiger partial charge on any atom is 0.228 e. The van der Waals surface area contributed by atoms with Crippen molar-refractivity contribution in [3.05, 3.63) is 22.7 Å². The number of carbonyl (C=O) groups excluding carboxylic acids is 1. The van der Waals surface area contributed by atoms with Gasteiger partial charge in [-0.3, -0.25) is 4.79 Å². The number of amides is 1. The van der Waals surface area contributed by atoms with Gasteiger partial charge in [-0.15, -0.1) is 0 Å². The molecule has 1 heterocycles. The van der Waals surface area contributed by atoms with Gasteiger partial charge in [-0.2, -0.15) is 0 Å². The van der Waals surface area contributed by atoms with Gasteiger partial charge in [0.15, 0.2) is 0 Å². The number of nitrogens with one attached hydrogen (secondary N) is 2. The highest BCUT2D eigenvalue weighted by atomic mass is 35.5. The van der Waals surface area contributed by atoms with Gasteiger partial charge in [0.25, 0.3) is 0 Å². The van der Waals surface area contributed by atoms with Gasteiger partial charge in [0, 0.05) is 11.7 Å². The average Bonchev–Trinajstić information content (AvgIpc) is 2.72. The molecule has 20 heavy (non-hydrogen) atoms. The van der Waals surface area contributed by atoms with Crippen molar-refractivity contribution < 1.29 is 4.79 Å². The van der Waals surface area contributed by atoms with Crippen molar-refractivity contribution in [2.45, 2.75) is 45.6 Å². The van der Waals surface area contributed by atoms with E-state index in [0.29, 0.717) is 23.4 Å². The van der Waals surface area contributed by atoms with Crippen molar-refractivity contribution in [2.24, 2.45) is 11.8 Å². The second-order valence-electron chi connectivity index (χ2n) is 6.36. The maximum atomic E-state index is 11.4. The van der Waals surface area contributed by atoms with Gasteiger partial charge in [-0.25, -0.2) is 0 Å². The van der Waals surface area contributed by atoms with E-state index in [4.69, 9.17) is 11.6 Å². The molecule has 0 spiro atoms. The number of carbonyl (C=O) groups is 1. The van der Waals surface area contributed by atoms with E-state index < -0.39 is 0 Å². The van der Waals surface area contributed by atoms with E-state index >= 15 is 0 Å². The summed E-state index contributed by atoms with van der Waals surface area (Å²) in [5.41, 5.74) is 2.86. The molecule has 1 aromatic rings. The quantitative estimate of drug-likeness (QED) is 0.862. The average molecular weight is 293 g/mol. The Kier molecular flexibility index (Phi) is 3.63. The molecule has 0 saturated heterocycles. The number of rotatable bonds is 2. The highest BCUT2D eigenvalue weighted by Crippen LogP contribution is 2.36. The number of benzene rings is 1. The zero-order valence-electron chi connectivity index (χ0n) is 12.0. The lowest BCUT2D eigenvalue weighted by atomic mass is 9.80. The minimum absolute atomic E-state index is 0.0491. The number of fused-ring (bicyclic) bond motifs is 1. The standard InChI is InChI=1S/C16H21ClN2O/c1-9-3-4-13(10(2)5-9)18-15-6-11-7-16(20)19-14(11)8-12(15)17/h6,8-10,13,18H,3-5,7H2,1-2H3,(H,19,20). The number of halogens is 1. The monoisotopic (exact) mass is 292 g/mol. The van der Waals surface area contributed by atoms with Crippen LogP contribution >= 0.6 is 11.6 Å². The number of hydrogen-bond donors (Lipinski definition) is 2. The van der Waals surface area contributed by atoms with Crippen LogP contribution in [0.3, 0.4) is 0 Å². The summed E-state index contributed by atoms with van der Waals surface area (Å²) in [6, 6.07) is 4.37. The van der Waals surface area contributed by atoms with Crippen molar-refractivity contribution in [3.8, 4) is 0 Å². The first-order valence-corrected chi connectivity index (χ1v) is 7.79. The van der Waals surface area contributed by atoms with Gasteiger partial charge < -0.3 is 10.6 Å². The topological polar surface area (TPSA) is 41.1 Å². The zero-order chi connectivity index (χ0) is 14.3. The molecular weight excluding hydrogens is 272 g/mol. The molecule has 3 atom stereocenters. The summed E-state index contributed by atoms with van der Waals surface area (Å²) in [5, 5.41) is 7.12. The third-order valence-electron chi connectivity index (χ3n) is 4.59. The molecule has 1 aliphatic heterocycles. The smallest absolute Gasteiger partial charge is 0.228 e. The van der Waals surface area contributed by atoms with Crippen LogP contribution in [0.5, 0.6) is 0 Å². The van der Waals surface area contributed by atoms with E-state index in [-0.39, 0.29) is 5.91 Å². The van der Waals surface area contributed by atoms with E-state index in [9.17, 15) is 4.79 Å². The SMILES string of the molecule is CC1CCC(Nc2cc3c(cc2Cl)NC(=O)C3)C(C)C1. The Morgan fingerprint density at radius 2 is 2.10 bits per heavy atom. The van der Waals surface area contributed by atoms with Crippen molar-refractivity contribution in [1.82, 2.24) is 0 Å². The molecule has 0 radical (unpaired) electrons. The summed E-state index contributed by atoms with van der Waals surface area (Å²) in [6.45, 7) is 4.63. The van der Waals surface area contributed by atoms with Crippen LogP contribution in [0.1, 0.15) is 38.7 Å². The molecule has 108 valence electrons. The third-order valence-corrected chi connectivity index (χ3v) is 4.90. The maximum absolute atomic E-state index is 11.4. The molecule has 3 nitrogen and oxygen atoms in total. The van der Waals surface area contributed by atoms with Crippen LogP contribution in [0.25, 0.3) is 0 Å². The van der Waals surface area contributed by atoms with Crippen LogP contribution in [0.2, 0.25) is 5.02 Å². The minimum Gasteiger partial charge on any atom is -0.381 e. The predicted molar refractivity (Wildman–Crippen MR) is 83.4 cm³/mol. The Hall–Kier alpha value is -1.22. The summed E-state index contributed by atoms with van der Waals surface area (Å²) < 4.78 is 0. The summed E-state index contributed by atoms with van der Waals surface area (Å²) in [7, 11) is 0.